The molecule has 3 rings (SSSR count). The molecule has 5 nitrogen and oxygen atoms in total. The lowest BCUT2D eigenvalue weighted by molar-refractivity contribution is -0.145. The number of rotatable bonds is 5. The van der Waals surface area contributed by atoms with E-state index < -0.39 is 0 Å². The van der Waals surface area contributed by atoms with Gasteiger partial charge in [0.2, 0.25) is 0 Å². The molecule has 128 valence electrons. The highest BCUT2D eigenvalue weighted by atomic mass is 79.9. The van der Waals surface area contributed by atoms with Crippen molar-refractivity contribution in [3.05, 3.63) is 74.2 Å². The lowest BCUT2D eigenvalue weighted by atomic mass is 10.2. The number of ether oxygens (including phenoxy) is 1. The van der Waals surface area contributed by atoms with Gasteiger partial charge in [0.1, 0.15) is 6.61 Å². The Morgan fingerprint density at radius 3 is 2.88 bits per heavy atom. The van der Waals surface area contributed by atoms with E-state index in [1.165, 1.54) is 10.9 Å². The van der Waals surface area contributed by atoms with Crippen molar-refractivity contribution < 1.29 is 9.53 Å². The second kappa shape index (κ2) is 7.80. The van der Waals surface area contributed by atoms with Gasteiger partial charge in [0.15, 0.2) is 0 Å². The van der Waals surface area contributed by atoms with Crippen molar-refractivity contribution in [3.63, 3.8) is 0 Å². The highest BCUT2D eigenvalue weighted by molar-refractivity contribution is 9.10. The first-order chi connectivity index (χ1) is 12.0. The zero-order valence-corrected chi connectivity index (χ0v) is 15.5. The number of hydrogen-bond donors (Lipinski definition) is 0. The first kappa shape index (κ1) is 17.6. The van der Waals surface area contributed by atoms with Crippen molar-refractivity contribution in [3.8, 4) is 0 Å². The van der Waals surface area contributed by atoms with Crippen LogP contribution in [0.2, 0.25) is 5.02 Å². The van der Waals surface area contributed by atoms with Gasteiger partial charge in [-0.25, -0.2) is 4.98 Å². The maximum absolute atomic E-state index is 12.4. The van der Waals surface area contributed by atoms with Crippen molar-refractivity contribution in [1.29, 1.82) is 0 Å². The summed E-state index contributed by atoms with van der Waals surface area (Å²) in [6, 6.07) is 12.4. The van der Waals surface area contributed by atoms with Crippen LogP contribution in [-0.4, -0.2) is 15.5 Å². The largest absolute Gasteiger partial charge is 0.461 e. The average Bonchev–Trinajstić information content (AvgIpc) is 2.60. The summed E-state index contributed by atoms with van der Waals surface area (Å²) < 4.78 is 7.43. The van der Waals surface area contributed by atoms with E-state index in [0.717, 1.165) is 10.0 Å². The van der Waals surface area contributed by atoms with E-state index in [0.29, 0.717) is 15.9 Å². The standard InChI is InChI=1S/C18H14BrClN2O3/c19-13-4-5-16-15(9-13)18(24)22(11-21-16)7-6-17(23)25-10-12-2-1-3-14(20)8-12/h1-5,8-9,11H,6-7,10H2. The maximum atomic E-state index is 12.4. The molecule has 0 atom stereocenters. The Bertz CT molecular complexity index is 987. The van der Waals surface area contributed by atoms with Crippen molar-refractivity contribution in [1.82, 2.24) is 9.55 Å². The Balaban J connectivity index is 1.63. The molecule has 3 aromatic rings. The molecule has 1 heterocycles. The number of esters is 1. The van der Waals surface area contributed by atoms with Gasteiger partial charge in [0.25, 0.3) is 5.56 Å². The van der Waals surface area contributed by atoms with Gasteiger partial charge in [0, 0.05) is 16.0 Å². The summed E-state index contributed by atoms with van der Waals surface area (Å²) in [5, 5.41) is 1.10. The molecule has 0 N–H and O–H groups in total. The molecule has 0 aliphatic heterocycles. The molecule has 0 spiro atoms. The first-order valence-electron chi connectivity index (χ1n) is 7.58. The minimum Gasteiger partial charge on any atom is -0.461 e. The number of hydrogen-bond acceptors (Lipinski definition) is 4. The van der Waals surface area contributed by atoms with Crippen LogP contribution < -0.4 is 5.56 Å². The van der Waals surface area contributed by atoms with E-state index in [9.17, 15) is 9.59 Å². The summed E-state index contributed by atoms with van der Waals surface area (Å²) in [6.07, 6.45) is 1.53. The number of benzene rings is 2. The first-order valence-corrected chi connectivity index (χ1v) is 8.75. The number of aryl methyl sites for hydroxylation is 1. The zero-order valence-electron chi connectivity index (χ0n) is 13.1. The number of carbonyl (C=O) groups excluding carboxylic acids is 1. The minimum absolute atomic E-state index is 0.0850. The molecule has 1 aromatic heterocycles. The molecule has 0 unspecified atom stereocenters. The molecular formula is C18H14BrClN2O3. The van der Waals surface area contributed by atoms with Crippen molar-refractivity contribution >= 4 is 44.4 Å². The van der Waals surface area contributed by atoms with Crippen molar-refractivity contribution in [2.24, 2.45) is 0 Å². The van der Waals surface area contributed by atoms with Crippen LogP contribution in [0, 0.1) is 0 Å². The fraction of sp³-hybridized carbons (Fsp3) is 0.167. The van der Waals surface area contributed by atoms with Gasteiger partial charge in [-0.1, -0.05) is 39.7 Å². The summed E-state index contributed by atoms with van der Waals surface area (Å²) in [5.74, 6) is -0.388. The predicted octanol–water partition coefficient (Wildman–Crippen LogP) is 3.95. The third-order valence-electron chi connectivity index (χ3n) is 3.63. The molecule has 0 saturated heterocycles. The van der Waals surface area contributed by atoms with Crippen LogP contribution in [0.4, 0.5) is 0 Å². The number of aromatic nitrogens is 2. The summed E-state index contributed by atoms with van der Waals surface area (Å²) in [4.78, 5) is 28.6. The van der Waals surface area contributed by atoms with Gasteiger partial charge in [0.05, 0.1) is 23.7 Å². The molecule has 0 bridgehead atoms. The molecular weight excluding hydrogens is 408 g/mol. The van der Waals surface area contributed by atoms with E-state index in [1.807, 2.05) is 12.1 Å². The van der Waals surface area contributed by atoms with Gasteiger partial charge >= 0.3 is 5.97 Å². The van der Waals surface area contributed by atoms with E-state index >= 15 is 0 Å². The maximum Gasteiger partial charge on any atom is 0.307 e. The van der Waals surface area contributed by atoms with Crippen LogP contribution in [0.5, 0.6) is 0 Å². The van der Waals surface area contributed by atoms with Gasteiger partial charge in [-0.15, -0.1) is 0 Å². The predicted molar refractivity (Wildman–Crippen MR) is 99.6 cm³/mol. The van der Waals surface area contributed by atoms with Crippen LogP contribution in [0.3, 0.4) is 0 Å². The second-order valence-corrected chi connectivity index (χ2v) is 6.80. The molecule has 0 aliphatic rings. The molecule has 0 radical (unpaired) electrons. The Morgan fingerprint density at radius 1 is 1.24 bits per heavy atom. The van der Waals surface area contributed by atoms with Gasteiger partial charge in [-0.3, -0.25) is 14.2 Å². The molecule has 0 fully saturated rings. The zero-order chi connectivity index (χ0) is 17.8. The van der Waals surface area contributed by atoms with E-state index in [1.54, 1.807) is 30.3 Å². The molecule has 0 amide bonds. The quantitative estimate of drug-likeness (QED) is 0.585. The number of halogens is 2. The third kappa shape index (κ3) is 4.46. The molecule has 2 aromatic carbocycles. The van der Waals surface area contributed by atoms with Crippen molar-refractivity contribution in [2.75, 3.05) is 0 Å². The van der Waals surface area contributed by atoms with Crippen LogP contribution in [0.15, 0.2) is 58.1 Å². The van der Waals surface area contributed by atoms with Gasteiger partial charge < -0.3 is 4.74 Å². The highest BCUT2D eigenvalue weighted by Crippen LogP contribution is 2.15. The summed E-state index contributed by atoms with van der Waals surface area (Å²) in [5.41, 5.74) is 1.25. The van der Waals surface area contributed by atoms with Crippen LogP contribution in [-0.2, 0) is 22.7 Å². The molecule has 0 saturated carbocycles. The fourth-order valence-corrected chi connectivity index (χ4v) is 2.94. The summed E-state index contributed by atoms with van der Waals surface area (Å²) in [7, 11) is 0. The van der Waals surface area contributed by atoms with E-state index in [4.69, 9.17) is 16.3 Å². The molecule has 0 aliphatic carbocycles. The Labute approximate surface area is 157 Å². The normalized spacial score (nSPS) is 10.8. The van der Waals surface area contributed by atoms with Gasteiger partial charge in [-0.05, 0) is 35.9 Å². The van der Waals surface area contributed by atoms with Crippen LogP contribution >= 0.6 is 27.5 Å². The minimum atomic E-state index is -0.388. The smallest absolute Gasteiger partial charge is 0.307 e. The lowest BCUT2D eigenvalue weighted by Gasteiger charge is -2.08. The SMILES string of the molecule is O=C(CCn1cnc2ccc(Br)cc2c1=O)OCc1cccc(Cl)c1. The third-order valence-corrected chi connectivity index (χ3v) is 4.36. The highest BCUT2D eigenvalue weighted by Gasteiger charge is 2.08. The molecule has 25 heavy (non-hydrogen) atoms. The Morgan fingerprint density at radius 2 is 2.08 bits per heavy atom. The average molecular weight is 422 g/mol. The second-order valence-electron chi connectivity index (χ2n) is 5.45. The fourth-order valence-electron chi connectivity index (χ4n) is 2.36. The van der Waals surface area contributed by atoms with Gasteiger partial charge in [-0.2, -0.15) is 0 Å². The number of nitrogens with zero attached hydrogens (tertiary/aromatic N) is 2. The summed E-state index contributed by atoms with van der Waals surface area (Å²) >= 11 is 9.23. The number of carbonyl (C=O) groups is 1. The topological polar surface area (TPSA) is 61.2 Å². The van der Waals surface area contributed by atoms with Crippen LogP contribution in [0.25, 0.3) is 10.9 Å². The molecule has 7 heteroatoms. The Hall–Kier alpha value is -2.18. The lowest BCUT2D eigenvalue weighted by Crippen LogP contribution is -2.22. The van der Waals surface area contributed by atoms with Crippen molar-refractivity contribution in [2.45, 2.75) is 19.6 Å². The summed E-state index contributed by atoms with van der Waals surface area (Å²) in [6.45, 7) is 0.361. The van der Waals surface area contributed by atoms with E-state index in [2.05, 4.69) is 20.9 Å². The number of fused-ring (bicyclic) bond motifs is 1. The Kier molecular flexibility index (Phi) is 5.50. The van der Waals surface area contributed by atoms with E-state index in [-0.39, 0.29) is 31.1 Å². The van der Waals surface area contributed by atoms with Crippen LogP contribution in [0.1, 0.15) is 12.0 Å². The monoisotopic (exact) mass is 420 g/mol.